The average molecular weight is 232 g/mol. The summed E-state index contributed by atoms with van der Waals surface area (Å²) < 4.78 is 5.64. The SMILES string of the molecule is OC1CCC(c2ccc3c(c2)CCCO3)CC1. The van der Waals surface area contributed by atoms with Crippen molar-refractivity contribution in [3.05, 3.63) is 29.3 Å². The minimum atomic E-state index is -0.0628. The molecule has 1 N–H and O–H groups in total. The van der Waals surface area contributed by atoms with Crippen molar-refractivity contribution in [1.29, 1.82) is 0 Å². The van der Waals surface area contributed by atoms with Gasteiger partial charge in [0.25, 0.3) is 0 Å². The van der Waals surface area contributed by atoms with Crippen LogP contribution in [-0.2, 0) is 6.42 Å². The first-order chi connectivity index (χ1) is 8.33. The van der Waals surface area contributed by atoms with Gasteiger partial charge in [0.2, 0.25) is 0 Å². The zero-order chi connectivity index (χ0) is 11.7. The third kappa shape index (κ3) is 2.32. The minimum absolute atomic E-state index is 0.0628. The maximum atomic E-state index is 9.55. The molecule has 0 spiro atoms. The summed E-state index contributed by atoms with van der Waals surface area (Å²) in [6.45, 7) is 0.863. The van der Waals surface area contributed by atoms with Gasteiger partial charge in [-0.2, -0.15) is 0 Å². The highest BCUT2D eigenvalue weighted by Crippen LogP contribution is 2.35. The zero-order valence-corrected chi connectivity index (χ0v) is 10.2. The average Bonchev–Trinajstić information content (AvgIpc) is 2.39. The van der Waals surface area contributed by atoms with E-state index >= 15 is 0 Å². The van der Waals surface area contributed by atoms with Crippen molar-refractivity contribution in [2.75, 3.05) is 6.61 Å². The van der Waals surface area contributed by atoms with Crippen LogP contribution in [0.4, 0.5) is 0 Å². The van der Waals surface area contributed by atoms with Crippen molar-refractivity contribution in [1.82, 2.24) is 0 Å². The standard InChI is InChI=1S/C15H20O2/c16-14-6-3-11(4-7-14)12-5-8-15-13(10-12)2-1-9-17-15/h5,8,10-11,14,16H,1-4,6-7,9H2. The number of fused-ring (bicyclic) bond motifs is 1. The first-order valence-corrected chi connectivity index (χ1v) is 6.76. The second-order valence-corrected chi connectivity index (χ2v) is 5.32. The van der Waals surface area contributed by atoms with E-state index in [0.717, 1.165) is 50.9 Å². The summed E-state index contributed by atoms with van der Waals surface area (Å²) in [6, 6.07) is 6.68. The van der Waals surface area contributed by atoms with E-state index in [2.05, 4.69) is 18.2 Å². The highest BCUT2D eigenvalue weighted by Gasteiger charge is 2.22. The summed E-state index contributed by atoms with van der Waals surface area (Å²) in [5.74, 6) is 1.72. The van der Waals surface area contributed by atoms with Crippen LogP contribution in [0.25, 0.3) is 0 Å². The van der Waals surface area contributed by atoms with Crippen LogP contribution in [0.1, 0.15) is 49.1 Å². The molecule has 1 aromatic carbocycles. The largest absolute Gasteiger partial charge is 0.493 e. The molecule has 17 heavy (non-hydrogen) atoms. The Morgan fingerprint density at radius 2 is 1.94 bits per heavy atom. The van der Waals surface area contributed by atoms with Gasteiger partial charge in [-0.25, -0.2) is 0 Å². The van der Waals surface area contributed by atoms with E-state index in [9.17, 15) is 5.11 Å². The van der Waals surface area contributed by atoms with Crippen LogP contribution in [0.2, 0.25) is 0 Å². The Morgan fingerprint density at radius 3 is 2.76 bits per heavy atom. The lowest BCUT2D eigenvalue weighted by molar-refractivity contribution is 0.122. The fraction of sp³-hybridized carbons (Fsp3) is 0.600. The third-order valence-electron chi connectivity index (χ3n) is 4.10. The van der Waals surface area contributed by atoms with E-state index in [-0.39, 0.29) is 6.10 Å². The van der Waals surface area contributed by atoms with Crippen LogP contribution in [0.3, 0.4) is 0 Å². The first-order valence-electron chi connectivity index (χ1n) is 6.76. The Bertz CT molecular complexity index is 392. The summed E-state index contributed by atoms with van der Waals surface area (Å²) >= 11 is 0. The van der Waals surface area contributed by atoms with Crippen molar-refractivity contribution in [2.24, 2.45) is 0 Å². The molecule has 3 rings (SSSR count). The summed E-state index contributed by atoms with van der Waals surface area (Å²) in [4.78, 5) is 0. The molecule has 92 valence electrons. The van der Waals surface area contributed by atoms with Crippen molar-refractivity contribution in [3.8, 4) is 5.75 Å². The van der Waals surface area contributed by atoms with Crippen LogP contribution < -0.4 is 4.74 Å². The van der Waals surface area contributed by atoms with E-state index in [4.69, 9.17) is 4.74 Å². The van der Waals surface area contributed by atoms with Crippen molar-refractivity contribution < 1.29 is 9.84 Å². The topological polar surface area (TPSA) is 29.5 Å². The van der Waals surface area contributed by atoms with Gasteiger partial charge in [0.1, 0.15) is 5.75 Å². The molecule has 1 fully saturated rings. The van der Waals surface area contributed by atoms with Gasteiger partial charge in [0.05, 0.1) is 12.7 Å². The second-order valence-electron chi connectivity index (χ2n) is 5.32. The molecule has 2 heteroatoms. The van der Waals surface area contributed by atoms with E-state index in [0.29, 0.717) is 5.92 Å². The Morgan fingerprint density at radius 1 is 1.12 bits per heavy atom. The lowest BCUT2D eigenvalue weighted by Gasteiger charge is -2.27. The Balaban J connectivity index is 1.79. The summed E-state index contributed by atoms with van der Waals surface area (Å²) in [5.41, 5.74) is 2.82. The maximum Gasteiger partial charge on any atom is 0.122 e. The molecule has 1 aliphatic carbocycles. The molecule has 0 radical (unpaired) electrons. The lowest BCUT2D eigenvalue weighted by atomic mass is 9.82. The van der Waals surface area contributed by atoms with Crippen LogP contribution in [0, 0.1) is 0 Å². The maximum absolute atomic E-state index is 9.55. The fourth-order valence-corrected chi connectivity index (χ4v) is 3.04. The van der Waals surface area contributed by atoms with Gasteiger partial charge in [-0.3, -0.25) is 0 Å². The molecule has 1 aromatic rings. The molecule has 0 aromatic heterocycles. The van der Waals surface area contributed by atoms with Crippen LogP contribution in [0.15, 0.2) is 18.2 Å². The smallest absolute Gasteiger partial charge is 0.122 e. The number of ether oxygens (including phenoxy) is 1. The summed E-state index contributed by atoms with van der Waals surface area (Å²) in [7, 11) is 0. The fourth-order valence-electron chi connectivity index (χ4n) is 3.04. The molecule has 1 heterocycles. The Labute approximate surface area is 103 Å². The zero-order valence-electron chi connectivity index (χ0n) is 10.2. The predicted octanol–water partition coefficient (Wildman–Crippen LogP) is 3.03. The second kappa shape index (κ2) is 4.69. The number of hydrogen-bond acceptors (Lipinski definition) is 2. The first kappa shape index (κ1) is 11.1. The van der Waals surface area contributed by atoms with Crippen molar-refractivity contribution in [2.45, 2.75) is 50.5 Å². The molecule has 2 nitrogen and oxygen atoms in total. The summed E-state index contributed by atoms with van der Waals surface area (Å²) in [6.07, 6.45) is 6.39. The molecule has 0 bridgehead atoms. The molecule has 0 saturated heterocycles. The molecule has 2 aliphatic rings. The Hall–Kier alpha value is -1.02. The number of hydrogen-bond donors (Lipinski definition) is 1. The molecule has 0 amide bonds. The van der Waals surface area contributed by atoms with Gasteiger partial charge in [0, 0.05) is 0 Å². The normalized spacial score (nSPS) is 28.3. The van der Waals surface area contributed by atoms with Gasteiger partial charge < -0.3 is 9.84 Å². The highest BCUT2D eigenvalue weighted by molar-refractivity contribution is 5.39. The van der Waals surface area contributed by atoms with Crippen molar-refractivity contribution >= 4 is 0 Å². The molecule has 1 aliphatic heterocycles. The Kier molecular flexibility index (Phi) is 3.06. The number of aryl methyl sites for hydroxylation is 1. The third-order valence-corrected chi connectivity index (χ3v) is 4.10. The van der Waals surface area contributed by atoms with E-state index in [1.54, 1.807) is 0 Å². The van der Waals surface area contributed by atoms with E-state index in [1.807, 2.05) is 0 Å². The molecule has 0 unspecified atom stereocenters. The van der Waals surface area contributed by atoms with E-state index < -0.39 is 0 Å². The van der Waals surface area contributed by atoms with Gasteiger partial charge >= 0.3 is 0 Å². The van der Waals surface area contributed by atoms with Gasteiger partial charge in [-0.05, 0) is 61.6 Å². The highest BCUT2D eigenvalue weighted by atomic mass is 16.5. The molecular formula is C15H20O2. The number of benzene rings is 1. The molecule has 0 atom stereocenters. The van der Waals surface area contributed by atoms with Gasteiger partial charge in [-0.1, -0.05) is 12.1 Å². The lowest BCUT2D eigenvalue weighted by Crippen LogP contribution is -2.17. The monoisotopic (exact) mass is 232 g/mol. The van der Waals surface area contributed by atoms with Gasteiger partial charge in [-0.15, -0.1) is 0 Å². The van der Waals surface area contributed by atoms with Crippen LogP contribution >= 0.6 is 0 Å². The minimum Gasteiger partial charge on any atom is -0.493 e. The van der Waals surface area contributed by atoms with Crippen LogP contribution in [0.5, 0.6) is 5.75 Å². The predicted molar refractivity (Wildman–Crippen MR) is 67.5 cm³/mol. The summed E-state index contributed by atoms with van der Waals surface area (Å²) in [5, 5.41) is 9.55. The van der Waals surface area contributed by atoms with E-state index in [1.165, 1.54) is 11.1 Å². The number of aliphatic hydroxyl groups excluding tert-OH is 1. The quantitative estimate of drug-likeness (QED) is 0.806. The number of aliphatic hydroxyl groups is 1. The van der Waals surface area contributed by atoms with Crippen molar-refractivity contribution in [3.63, 3.8) is 0 Å². The molecular weight excluding hydrogens is 212 g/mol. The number of rotatable bonds is 1. The molecule has 1 saturated carbocycles. The van der Waals surface area contributed by atoms with Gasteiger partial charge in [0.15, 0.2) is 0 Å². The van der Waals surface area contributed by atoms with Crippen LogP contribution in [-0.4, -0.2) is 17.8 Å².